The third kappa shape index (κ3) is 6.24. The lowest BCUT2D eigenvalue weighted by Gasteiger charge is -2.12. The van der Waals surface area contributed by atoms with Crippen LogP contribution in [-0.4, -0.2) is 23.8 Å². The zero-order valence-corrected chi connectivity index (χ0v) is 19.3. The Labute approximate surface area is 205 Å². The zero-order valence-electron chi connectivity index (χ0n) is 19.3. The Hall–Kier alpha value is -3.82. The average molecular weight is 499 g/mol. The number of carboxylic acids is 1. The van der Waals surface area contributed by atoms with Gasteiger partial charge < -0.3 is 25.3 Å². The number of nitrogens with two attached hydrogens (primary N) is 1. The van der Waals surface area contributed by atoms with E-state index in [4.69, 9.17) is 20.0 Å². The van der Waals surface area contributed by atoms with Gasteiger partial charge in [-0.1, -0.05) is 36.4 Å². The number of furan rings is 1. The Bertz CT molecular complexity index is 1360. The molecule has 0 aliphatic carbocycles. The van der Waals surface area contributed by atoms with Crippen LogP contribution >= 0.6 is 0 Å². The van der Waals surface area contributed by atoms with E-state index in [1.807, 2.05) is 30.3 Å². The number of halogens is 3. The third-order valence-corrected chi connectivity index (χ3v) is 5.67. The van der Waals surface area contributed by atoms with Gasteiger partial charge in [0.1, 0.15) is 17.9 Å². The molecule has 4 rings (SSSR count). The first-order chi connectivity index (χ1) is 17.2. The molecule has 188 valence electrons. The highest BCUT2D eigenvalue weighted by molar-refractivity contribution is 5.89. The first-order valence-electron chi connectivity index (χ1n) is 11.3. The highest BCUT2D eigenvalue weighted by Crippen LogP contribution is 2.33. The number of hydrogen-bond acceptors (Lipinski definition) is 5. The van der Waals surface area contributed by atoms with Gasteiger partial charge in [0.15, 0.2) is 0 Å². The molecule has 1 aromatic heterocycles. The Morgan fingerprint density at radius 3 is 2.56 bits per heavy atom. The maximum absolute atomic E-state index is 12.7. The summed E-state index contributed by atoms with van der Waals surface area (Å²) >= 11 is 0. The van der Waals surface area contributed by atoms with Crippen molar-refractivity contribution >= 4 is 16.9 Å². The van der Waals surface area contributed by atoms with Crippen molar-refractivity contribution in [2.24, 2.45) is 5.73 Å². The number of ether oxygens (including phenoxy) is 1. The van der Waals surface area contributed by atoms with Crippen molar-refractivity contribution in [1.29, 1.82) is 0 Å². The molecule has 9 heteroatoms. The van der Waals surface area contributed by atoms with E-state index in [1.54, 1.807) is 30.3 Å². The summed E-state index contributed by atoms with van der Waals surface area (Å²) in [6, 6.07) is 18.2. The molecule has 0 aliphatic rings. The van der Waals surface area contributed by atoms with Gasteiger partial charge in [0.25, 0.3) is 0 Å². The normalized spacial score (nSPS) is 11.7. The molecule has 0 atom stereocenters. The number of carbonyl (C=O) groups is 1. The monoisotopic (exact) mass is 498 g/mol. The number of benzene rings is 3. The second kappa shape index (κ2) is 10.8. The minimum atomic E-state index is -4.34. The SMILES string of the molecule is NCc1cccc(-c2cc(CNCC(F)(F)F)c3occ(COc4ccccc4CC(=O)O)c3c2)c1. The number of alkyl halides is 3. The summed E-state index contributed by atoms with van der Waals surface area (Å²) in [6.07, 6.45) is -3.01. The molecular weight excluding hydrogens is 473 g/mol. The van der Waals surface area contributed by atoms with E-state index in [0.29, 0.717) is 40.0 Å². The highest BCUT2D eigenvalue weighted by Gasteiger charge is 2.26. The first-order valence-corrected chi connectivity index (χ1v) is 11.3. The minimum Gasteiger partial charge on any atom is -0.488 e. The van der Waals surface area contributed by atoms with Crippen LogP contribution in [0.1, 0.15) is 22.3 Å². The molecule has 0 saturated carbocycles. The largest absolute Gasteiger partial charge is 0.488 e. The number of carboxylic acid groups (broad SMARTS) is 1. The summed E-state index contributed by atoms with van der Waals surface area (Å²) in [5.41, 5.74) is 10.6. The Kier molecular flexibility index (Phi) is 7.61. The van der Waals surface area contributed by atoms with Crippen LogP contribution < -0.4 is 15.8 Å². The maximum Gasteiger partial charge on any atom is 0.401 e. The summed E-state index contributed by atoms with van der Waals surface area (Å²) < 4.78 is 49.9. The summed E-state index contributed by atoms with van der Waals surface area (Å²) in [4.78, 5) is 11.2. The number of para-hydroxylation sites is 1. The molecule has 1 heterocycles. The zero-order chi connectivity index (χ0) is 25.7. The topological polar surface area (TPSA) is 97.7 Å². The van der Waals surface area contributed by atoms with Crippen molar-refractivity contribution in [3.05, 3.63) is 89.2 Å². The van der Waals surface area contributed by atoms with Crippen LogP contribution in [0, 0.1) is 0 Å². The van der Waals surface area contributed by atoms with Gasteiger partial charge >= 0.3 is 12.1 Å². The van der Waals surface area contributed by atoms with E-state index in [9.17, 15) is 18.0 Å². The standard InChI is InChI=1S/C27H25F3N2O4/c28-27(29,30)16-32-13-21-9-20(18-6-3-4-17(8-18)12-31)10-23-22(15-36-26(21)23)14-35-24-7-2-1-5-19(24)11-25(33)34/h1-10,15,32H,11-14,16,31H2,(H,33,34). The molecule has 0 amide bonds. The summed E-state index contributed by atoms with van der Waals surface area (Å²) in [6.45, 7) is -0.726. The minimum absolute atomic E-state index is 0.0459. The molecule has 0 saturated heterocycles. The number of fused-ring (bicyclic) bond motifs is 1. The second-order valence-electron chi connectivity index (χ2n) is 8.36. The number of nitrogens with one attached hydrogen (secondary N) is 1. The summed E-state index contributed by atoms with van der Waals surface area (Å²) in [7, 11) is 0. The maximum atomic E-state index is 12.7. The van der Waals surface area contributed by atoms with Crippen molar-refractivity contribution in [1.82, 2.24) is 5.32 Å². The molecule has 0 bridgehead atoms. The first kappa shape index (κ1) is 25.3. The molecule has 0 spiro atoms. The van der Waals surface area contributed by atoms with Crippen LogP contribution in [0.4, 0.5) is 13.2 Å². The van der Waals surface area contributed by atoms with Crippen molar-refractivity contribution in [2.45, 2.75) is 32.3 Å². The van der Waals surface area contributed by atoms with Gasteiger partial charge in [0.05, 0.1) is 19.2 Å². The Morgan fingerprint density at radius 2 is 1.81 bits per heavy atom. The molecule has 6 nitrogen and oxygen atoms in total. The van der Waals surface area contributed by atoms with Crippen LogP contribution in [0.5, 0.6) is 5.75 Å². The van der Waals surface area contributed by atoms with Gasteiger partial charge in [-0.25, -0.2) is 0 Å². The molecule has 36 heavy (non-hydrogen) atoms. The van der Waals surface area contributed by atoms with Gasteiger partial charge in [0, 0.05) is 35.2 Å². The van der Waals surface area contributed by atoms with Gasteiger partial charge in [-0.15, -0.1) is 0 Å². The van der Waals surface area contributed by atoms with Crippen LogP contribution in [0.15, 0.2) is 71.3 Å². The van der Waals surface area contributed by atoms with Crippen molar-refractivity contribution in [3.8, 4) is 16.9 Å². The van der Waals surface area contributed by atoms with E-state index < -0.39 is 18.7 Å². The molecule has 0 fully saturated rings. The average Bonchev–Trinajstić information content (AvgIpc) is 3.25. The molecule has 3 aromatic carbocycles. The van der Waals surface area contributed by atoms with Gasteiger partial charge in [0.2, 0.25) is 0 Å². The molecule has 0 radical (unpaired) electrons. The van der Waals surface area contributed by atoms with Gasteiger partial charge in [-0.2, -0.15) is 13.2 Å². The molecule has 0 unspecified atom stereocenters. The lowest BCUT2D eigenvalue weighted by atomic mass is 9.98. The van der Waals surface area contributed by atoms with Gasteiger partial charge in [-0.3, -0.25) is 4.79 Å². The van der Waals surface area contributed by atoms with Crippen LogP contribution in [-0.2, 0) is 30.9 Å². The summed E-state index contributed by atoms with van der Waals surface area (Å²) in [5.74, 6) is -0.534. The number of aliphatic carboxylic acids is 1. The lowest BCUT2D eigenvalue weighted by Crippen LogP contribution is -2.28. The van der Waals surface area contributed by atoms with Crippen molar-refractivity contribution in [2.75, 3.05) is 6.54 Å². The fourth-order valence-electron chi connectivity index (χ4n) is 4.00. The van der Waals surface area contributed by atoms with Crippen LogP contribution in [0.25, 0.3) is 22.1 Å². The Morgan fingerprint density at radius 1 is 1.00 bits per heavy atom. The lowest BCUT2D eigenvalue weighted by molar-refractivity contribution is -0.136. The van der Waals surface area contributed by atoms with E-state index in [-0.39, 0.29) is 19.6 Å². The van der Waals surface area contributed by atoms with E-state index in [1.165, 1.54) is 6.26 Å². The Balaban J connectivity index is 1.69. The fraction of sp³-hybridized carbons (Fsp3) is 0.222. The van der Waals surface area contributed by atoms with E-state index in [2.05, 4.69) is 5.32 Å². The van der Waals surface area contributed by atoms with Crippen LogP contribution in [0.3, 0.4) is 0 Å². The second-order valence-corrected chi connectivity index (χ2v) is 8.36. The quantitative estimate of drug-likeness (QED) is 0.270. The molecule has 4 aromatic rings. The molecule has 0 aliphatic heterocycles. The molecule has 4 N–H and O–H groups in total. The summed E-state index contributed by atoms with van der Waals surface area (Å²) in [5, 5.41) is 12.3. The number of hydrogen-bond donors (Lipinski definition) is 3. The predicted octanol–water partition coefficient (Wildman–Crippen LogP) is 5.42. The number of rotatable bonds is 10. The predicted molar refractivity (Wildman–Crippen MR) is 129 cm³/mol. The molecular formula is C27H25F3N2O4. The van der Waals surface area contributed by atoms with E-state index in [0.717, 1.165) is 16.7 Å². The third-order valence-electron chi connectivity index (χ3n) is 5.67. The van der Waals surface area contributed by atoms with E-state index >= 15 is 0 Å². The highest BCUT2D eigenvalue weighted by atomic mass is 19.4. The van der Waals surface area contributed by atoms with Crippen molar-refractivity contribution in [3.63, 3.8) is 0 Å². The fourth-order valence-corrected chi connectivity index (χ4v) is 4.00. The van der Waals surface area contributed by atoms with Crippen LogP contribution in [0.2, 0.25) is 0 Å². The smallest absolute Gasteiger partial charge is 0.401 e. The van der Waals surface area contributed by atoms with Crippen molar-refractivity contribution < 1.29 is 32.2 Å². The van der Waals surface area contributed by atoms with Gasteiger partial charge in [-0.05, 0) is 41.0 Å².